The molecule has 0 bridgehead atoms. The zero-order valence-electron chi connectivity index (χ0n) is 19.6. The van der Waals surface area contributed by atoms with Gasteiger partial charge in [0.2, 0.25) is 5.91 Å². The summed E-state index contributed by atoms with van der Waals surface area (Å²) in [5, 5.41) is 2.97. The van der Waals surface area contributed by atoms with Gasteiger partial charge in [-0.15, -0.1) is 0 Å². The first kappa shape index (κ1) is 24.9. The molecule has 0 unspecified atom stereocenters. The topological polar surface area (TPSA) is 84.9 Å². The number of ketones is 1. The molecule has 0 spiro atoms. The van der Waals surface area contributed by atoms with E-state index in [-0.39, 0.29) is 23.8 Å². The van der Waals surface area contributed by atoms with Gasteiger partial charge in [-0.1, -0.05) is 31.2 Å². The van der Waals surface area contributed by atoms with Crippen molar-refractivity contribution in [2.45, 2.75) is 71.6 Å². The average Bonchev–Trinajstić information content (AvgIpc) is 3.17. The van der Waals surface area contributed by atoms with Crippen LogP contribution in [0.1, 0.15) is 63.4 Å². The predicted molar refractivity (Wildman–Crippen MR) is 119 cm³/mol. The highest BCUT2D eigenvalue weighted by molar-refractivity contribution is 5.94. The summed E-state index contributed by atoms with van der Waals surface area (Å²) in [5.41, 5.74) is 1.15. The molecule has 1 fully saturated rings. The first-order valence-corrected chi connectivity index (χ1v) is 10.9. The molecule has 2 rings (SSSR count). The van der Waals surface area contributed by atoms with Crippen LogP contribution in [0.4, 0.5) is 4.79 Å². The maximum atomic E-state index is 12.8. The van der Waals surface area contributed by atoms with Crippen molar-refractivity contribution in [2.75, 3.05) is 20.2 Å². The molecule has 1 aromatic carbocycles. The van der Waals surface area contributed by atoms with Crippen LogP contribution in [-0.4, -0.2) is 60.6 Å². The lowest BCUT2D eigenvalue weighted by atomic mass is 9.95. The van der Waals surface area contributed by atoms with Gasteiger partial charge in [0, 0.05) is 25.8 Å². The fourth-order valence-corrected chi connectivity index (χ4v) is 3.92. The number of amides is 2. The van der Waals surface area contributed by atoms with Crippen LogP contribution in [0.2, 0.25) is 0 Å². The van der Waals surface area contributed by atoms with Crippen LogP contribution in [0.3, 0.4) is 0 Å². The second kappa shape index (κ2) is 10.8. The van der Waals surface area contributed by atoms with Gasteiger partial charge in [0.05, 0.1) is 18.1 Å². The number of hydrogen-bond acceptors (Lipinski definition) is 5. The van der Waals surface area contributed by atoms with Crippen molar-refractivity contribution >= 4 is 17.8 Å². The van der Waals surface area contributed by atoms with Crippen molar-refractivity contribution in [1.82, 2.24) is 10.2 Å². The van der Waals surface area contributed by atoms with Crippen molar-refractivity contribution in [3.63, 3.8) is 0 Å². The van der Waals surface area contributed by atoms with Crippen molar-refractivity contribution in [3.8, 4) is 0 Å². The molecular formula is C24H36N2O5. The van der Waals surface area contributed by atoms with Crippen LogP contribution >= 0.6 is 0 Å². The van der Waals surface area contributed by atoms with Gasteiger partial charge in [0.15, 0.2) is 5.78 Å². The van der Waals surface area contributed by atoms with Gasteiger partial charge < -0.3 is 19.7 Å². The van der Waals surface area contributed by atoms with Crippen molar-refractivity contribution in [2.24, 2.45) is 5.92 Å². The first-order chi connectivity index (χ1) is 14.5. The zero-order chi connectivity index (χ0) is 23.2. The number of nitrogens with zero attached hydrogens (tertiary/aromatic N) is 1. The molecule has 31 heavy (non-hydrogen) atoms. The van der Waals surface area contributed by atoms with E-state index in [1.165, 1.54) is 6.92 Å². The van der Waals surface area contributed by atoms with Crippen LogP contribution in [-0.2, 0) is 20.7 Å². The molecule has 1 N–H and O–H groups in total. The van der Waals surface area contributed by atoms with Gasteiger partial charge in [0.25, 0.3) is 0 Å². The minimum absolute atomic E-state index is 0.0339. The van der Waals surface area contributed by atoms with Crippen LogP contribution in [0.15, 0.2) is 24.3 Å². The Bertz CT molecular complexity index is 769. The molecule has 0 aliphatic carbocycles. The number of methoxy groups -OCH3 is 1. The quantitative estimate of drug-likeness (QED) is 0.635. The van der Waals surface area contributed by atoms with E-state index in [2.05, 4.69) is 5.32 Å². The summed E-state index contributed by atoms with van der Waals surface area (Å²) < 4.78 is 11.2. The molecule has 0 radical (unpaired) electrons. The Morgan fingerprint density at radius 3 is 2.39 bits per heavy atom. The molecule has 3 atom stereocenters. The van der Waals surface area contributed by atoms with E-state index in [0.29, 0.717) is 25.1 Å². The number of nitrogens with one attached hydrogen (secondary N) is 1. The molecular weight excluding hydrogens is 396 g/mol. The Labute approximate surface area is 185 Å². The van der Waals surface area contributed by atoms with Crippen molar-refractivity contribution in [1.29, 1.82) is 0 Å². The molecule has 0 aromatic heterocycles. The molecule has 7 nitrogen and oxygen atoms in total. The summed E-state index contributed by atoms with van der Waals surface area (Å²) in [6, 6.07) is 7.21. The number of likely N-dealkylation sites (tertiary alicyclic amines) is 1. The second-order valence-electron chi connectivity index (χ2n) is 9.17. The minimum atomic E-state index is -0.571. The predicted octanol–water partition coefficient (Wildman–Crippen LogP) is 3.60. The molecule has 2 amide bonds. The van der Waals surface area contributed by atoms with Crippen LogP contribution in [0, 0.1) is 5.92 Å². The largest absolute Gasteiger partial charge is 0.444 e. The number of Topliss-reactive ketones (excluding diaryl/α,β-unsaturated/α-hetero) is 1. The summed E-state index contributed by atoms with van der Waals surface area (Å²) in [6.45, 7) is 9.98. The van der Waals surface area contributed by atoms with E-state index in [1.54, 1.807) is 24.1 Å². The van der Waals surface area contributed by atoms with E-state index in [0.717, 1.165) is 18.4 Å². The summed E-state index contributed by atoms with van der Waals surface area (Å²) in [7, 11) is 1.58. The maximum Gasteiger partial charge on any atom is 0.410 e. The van der Waals surface area contributed by atoms with Crippen LogP contribution in [0.5, 0.6) is 0 Å². The fourth-order valence-electron chi connectivity index (χ4n) is 3.92. The summed E-state index contributed by atoms with van der Waals surface area (Å²) in [4.78, 5) is 38.4. The molecule has 0 saturated carbocycles. The van der Waals surface area contributed by atoms with Crippen LogP contribution < -0.4 is 5.32 Å². The van der Waals surface area contributed by atoms with Gasteiger partial charge in [-0.25, -0.2) is 4.79 Å². The standard InChI is InChI=1S/C24H36N2O5/c1-16(22(28)25-14-13-18-9-11-19(12-10-18)17(2)27)21(30-6)20-8-7-15-26(20)23(29)31-24(3,4)5/h9-12,16,20-21H,7-8,13-15H2,1-6H3,(H,25,28)/t16-,20+,21-/m1/s1. The summed E-state index contributed by atoms with van der Waals surface area (Å²) in [5.74, 6) is -0.493. The van der Waals surface area contributed by atoms with E-state index in [4.69, 9.17) is 9.47 Å². The SMILES string of the molecule is CO[C@H]([C@@H](C)C(=O)NCCc1ccc(C(C)=O)cc1)[C@@H]1CCCN1C(=O)OC(C)(C)C. The smallest absolute Gasteiger partial charge is 0.410 e. The van der Waals surface area contributed by atoms with E-state index in [1.807, 2.05) is 39.8 Å². The Morgan fingerprint density at radius 1 is 1.19 bits per heavy atom. The third kappa shape index (κ3) is 7.06. The number of carbonyl (C=O) groups is 3. The van der Waals surface area contributed by atoms with Crippen molar-refractivity contribution < 1.29 is 23.9 Å². The third-order valence-electron chi connectivity index (χ3n) is 5.56. The third-order valence-corrected chi connectivity index (χ3v) is 5.56. The maximum absolute atomic E-state index is 12.8. The van der Waals surface area contributed by atoms with Gasteiger partial charge in [0.1, 0.15) is 5.60 Å². The molecule has 1 aliphatic rings. The number of carbonyl (C=O) groups excluding carboxylic acids is 3. The molecule has 7 heteroatoms. The lowest BCUT2D eigenvalue weighted by Crippen LogP contribution is -2.50. The number of hydrogen-bond donors (Lipinski definition) is 1. The second-order valence-corrected chi connectivity index (χ2v) is 9.17. The highest BCUT2D eigenvalue weighted by Crippen LogP contribution is 2.28. The van der Waals surface area contributed by atoms with Crippen LogP contribution in [0.25, 0.3) is 0 Å². The zero-order valence-corrected chi connectivity index (χ0v) is 19.6. The van der Waals surface area contributed by atoms with E-state index >= 15 is 0 Å². The van der Waals surface area contributed by atoms with Gasteiger partial charge in [-0.2, -0.15) is 0 Å². The average molecular weight is 433 g/mol. The highest BCUT2D eigenvalue weighted by Gasteiger charge is 2.41. The Balaban J connectivity index is 1.92. The molecule has 1 heterocycles. The Kier molecular flexibility index (Phi) is 8.62. The van der Waals surface area contributed by atoms with Crippen molar-refractivity contribution in [3.05, 3.63) is 35.4 Å². The molecule has 172 valence electrons. The Hall–Kier alpha value is -2.41. The van der Waals surface area contributed by atoms with Gasteiger partial charge in [-0.3, -0.25) is 9.59 Å². The highest BCUT2D eigenvalue weighted by atomic mass is 16.6. The van der Waals surface area contributed by atoms with Gasteiger partial charge in [-0.05, 0) is 52.5 Å². The normalized spacial score (nSPS) is 18.4. The summed E-state index contributed by atoms with van der Waals surface area (Å²) >= 11 is 0. The first-order valence-electron chi connectivity index (χ1n) is 10.9. The van der Waals surface area contributed by atoms with E-state index in [9.17, 15) is 14.4 Å². The number of benzene rings is 1. The molecule has 1 aliphatic heterocycles. The summed E-state index contributed by atoms with van der Waals surface area (Å²) in [6.07, 6.45) is 1.53. The lowest BCUT2D eigenvalue weighted by Gasteiger charge is -2.34. The number of ether oxygens (including phenoxy) is 2. The monoisotopic (exact) mass is 432 g/mol. The fraction of sp³-hybridized carbons (Fsp3) is 0.625. The number of rotatable bonds is 8. The van der Waals surface area contributed by atoms with E-state index < -0.39 is 17.6 Å². The van der Waals surface area contributed by atoms with Gasteiger partial charge >= 0.3 is 6.09 Å². The molecule has 1 saturated heterocycles. The lowest BCUT2D eigenvalue weighted by molar-refractivity contribution is -0.130. The molecule has 1 aromatic rings. The Morgan fingerprint density at radius 2 is 1.84 bits per heavy atom. The minimum Gasteiger partial charge on any atom is -0.444 e.